The smallest absolute Gasteiger partial charge is 0.537 e. The minimum Gasteiger partial charge on any atom is -0.537 e. The highest BCUT2D eigenvalue weighted by Crippen LogP contribution is 2.55. The first-order valence-corrected chi connectivity index (χ1v) is 36.0. The first kappa shape index (κ1) is 62.6. The number of rotatable bonds is 7. The summed E-state index contributed by atoms with van der Waals surface area (Å²) in [5, 5.41) is 29.3. The molecule has 0 atom stereocenters. The zero-order chi connectivity index (χ0) is 68.8. The highest BCUT2D eigenvalue weighted by Gasteiger charge is 2.38. The highest BCUT2D eigenvalue weighted by molar-refractivity contribution is 9.10. The molecule has 4 heteroatoms. The first-order valence-electron chi connectivity index (χ1n) is 35.2. The third-order valence-electron chi connectivity index (χ3n) is 21.9. The maximum atomic E-state index is 8.95. The van der Waals surface area contributed by atoms with Crippen molar-refractivity contribution in [1.82, 2.24) is 0 Å². The van der Waals surface area contributed by atoms with Gasteiger partial charge in [0.05, 0.1) is 0 Å². The Balaban J connectivity index is 0.000000121. The van der Waals surface area contributed by atoms with Gasteiger partial charge in [0.1, 0.15) is 5.75 Å². The molecule has 483 valence electrons. The average Bonchev–Trinajstić information content (AvgIpc) is 1.43. The van der Waals surface area contributed by atoms with Crippen LogP contribution in [-0.2, 0) is 10.8 Å². The molecule has 0 aliphatic heterocycles. The van der Waals surface area contributed by atoms with Crippen LogP contribution in [0.15, 0.2) is 344 Å². The third kappa shape index (κ3) is 10.5. The summed E-state index contributed by atoms with van der Waals surface area (Å²) in [6.45, 7) is 9.36. The van der Waals surface area contributed by atoms with Crippen molar-refractivity contribution in [2.24, 2.45) is 0 Å². The second-order valence-electron chi connectivity index (χ2n) is 28.2. The van der Waals surface area contributed by atoms with Crippen molar-refractivity contribution in [3.8, 4) is 83.6 Å². The molecule has 0 heterocycles. The van der Waals surface area contributed by atoms with Crippen molar-refractivity contribution in [1.29, 1.82) is 0 Å². The molecule has 1 radical (unpaired) electrons. The zero-order valence-corrected chi connectivity index (χ0v) is 58.7. The van der Waals surface area contributed by atoms with Gasteiger partial charge in [-0.15, -0.1) is 0 Å². The summed E-state index contributed by atoms with van der Waals surface area (Å²) in [6, 6.07) is 123. The Labute approximate surface area is 603 Å². The van der Waals surface area contributed by atoms with Crippen molar-refractivity contribution in [2.75, 3.05) is 0 Å². The van der Waals surface area contributed by atoms with Crippen LogP contribution in [0.25, 0.3) is 164 Å². The molecule has 0 bridgehead atoms. The molecule has 18 aromatic carbocycles. The molecule has 2 aliphatic rings. The van der Waals surface area contributed by atoms with E-state index in [0.29, 0.717) is 13.4 Å². The number of hydrogen-bond acceptors (Lipinski definition) is 2. The van der Waals surface area contributed by atoms with Gasteiger partial charge in [0.25, 0.3) is 0 Å². The second kappa shape index (κ2) is 25.2. The van der Waals surface area contributed by atoms with E-state index in [4.69, 9.17) is 9.68 Å². The van der Waals surface area contributed by atoms with Crippen LogP contribution in [0.2, 0.25) is 0 Å². The van der Waals surface area contributed by atoms with Gasteiger partial charge in [-0.25, -0.2) is 0 Å². The maximum Gasteiger partial charge on any atom is 0.569 e. The van der Waals surface area contributed by atoms with E-state index in [9.17, 15) is 0 Å². The third-order valence-corrected chi connectivity index (χ3v) is 22.4. The van der Waals surface area contributed by atoms with Crippen LogP contribution in [0, 0.1) is 0 Å². The molecule has 0 unspecified atom stereocenters. The lowest BCUT2D eigenvalue weighted by molar-refractivity contribution is 0.454. The molecule has 102 heavy (non-hydrogen) atoms. The van der Waals surface area contributed by atoms with Gasteiger partial charge in [-0.2, -0.15) is 0 Å². The van der Waals surface area contributed by atoms with Crippen molar-refractivity contribution >= 4 is 110 Å². The van der Waals surface area contributed by atoms with E-state index in [1.807, 2.05) is 24.3 Å². The van der Waals surface area contributed by atoms with E-state index >= 15 is 0 Å². The summed E-state index contributed by atoms with van der Waals surface area (Å²) in [7, 11) is 0.707. The molecule has 0 saturated carbocycles. The van der Waals surface area contributed by atoms with E-state index < -0.39 is 0 Å². The lowest BCUT2D eigenvalue weighted by Gasteiger charge is -2.21. The van der Waals surface area contributed by atoms with Crippen LogP contribution in [0.3, 0.4) is 0 Å². The first-order chi connectivity index (χ1) is 50.0. The van der Waals surface area contributed by atoms with Crippen molar-refractivity contribution in [3.63, 3.8) is 0 Å². The number of benzene rings is 18. The Hall–Kier alpha value is -11.7. The van der Waals surface area contributed by atoms with E-state index in [2.05, 4.69) is 359 Å². The molecule has 2 aliphatic carbocycles. The van der Waals surface area contributed by atoms with Crippen LogP contribution in [0.4, 0.5) is 0 Å². The predicted octanol–water partition coefficient (Wildman–Crippen LogP) is 26.9. The summed E-state index contributed by atoms with van der Waals surface area (Å²) >= 11 is 3.62. The molecule has 0 aromatic heterocycles. The topological polar surface area (TPSA) is 29.5 Å². The van der Waals surface area contributed by atoms with E-state index in [0.717, 1.165) is 10.0 Å². The number of hydrogen-bond donors (Lipinski definition) is 1. The summed E-state index contributed by atoms with van der Waals surface area (Å²) in [4.78, 5) is 0. The van der Waals surface area contributed by atoms with Crippen molar-refractivity contribution in [2.45, 2.75) is 38.5 Å². The minimum atomic E-state index is -0.0296. The fourth-order valence-corrected chi connectivity index (χ4v) is 17.3. The van der Waals surface area contributed by atoms with Gasteiger partial charge in [-0.1, -0.05) is 341 Å². The maximum absolute atomic E-state index is 8.95. The van der Waals surface area contributed by atoms with Crippen LogP contribution in [-0.4, -0.2) is 12.7 Å². The van der Waals surface area contributed by atoms with E-state index in [1.54, 1.807) is 0 Å². The second-order valence-corrected chi connectivity index (χ2v) is 29.2. The Morgan fingerprint density at radius 3 is 0.951 bits per heavy atom. The minimum absolute atomic E-state index is 0.0296. The van der Waals surface area contributed by atoms with Crippen molar-refractivity contribution in [3.05, 3.63) is 366 Å². The summed E-state index contributed by atoms with van der Waals surface area (Å²) in [5.74, 6) is 0.600. The van der Waals surface area contributed by atoms with Gasteiger partial charge in [0.15, 0.2) is 0 Å². The molecule has 18 aromatic rings. The zero-order valence-electron chi connectivity index (χ0n) is 57.1. The lowest BCUT2D eigenvalue weighted by Crippen LogP contribution is -2.14. The molecular weight excluding hydrogens is 1300 g/mol. The molecule has 0 saturated heterocycles. The largest absolute Gasteiger partial charge is 0.569 e. The fraction of sp³-hybridized carbons (Fsp3) is 0.0612. The van der Waals surface area contributed by atoms with Gasteiger partial charge >= 0.3 is 7.69 Å². The average molecular weight is 1370 g/mol. The Bertz CT molecular complexity index is 6290. The monoisotopic (exact) mass is 1370 g/mol. The molecule has 0 amide bonds. The summed E-state index contributed by atoms with van der Waals surface area (Å²) in [5.41, 5.74) is 23.6. The predicted molar refractivity (Wildman–Crippen MR) is 438 cm³/mol. The molecular formula is C98H69BBrO2. The normalized spacial score (nSPS) is 13.0. The fourth-order valence-electron chi connectivity index (χ4n) is 17.0. The molecule has 0 fully saturated rings. The molecule has 20 rings (SSSR count). The van der Waals surface area contributed by atoms with Gasteiger partial charge < -0.3 is 9.68 Å². The molecule has 1 N–H and O–H groups in total. The van der Waals surface area contributed by atoms with Gasteiger partial charge in [-0.05, 0) is 229 Å². The van der Waals surface area contributed by atoms with Crippen LogP contribution in [0.5, 0.6) is 5.75 Å². The summed E-state index contributed by atoms with van der Waals surface area (Å²) < 4.78 is 6.26. The number of fused-ring (bicyclic) bond motifs is 16. The molecule has 0 spiro atoms. The molecule has 2 nitrogen and oxygen atoms in total. The van der Waals surface area contributed by atoms with E-state index in [-0.39, 0.29) is 10.8 Å². The van der Waals surface area contributed by atoms with Crippen LogP contribution in [0.1, 0.15) is 49.9 Å². The Morgan fingerprint density at radius 1 is 0.245 bits per heavy atom. The van der Waals surface area contributed by atoms with Gasteiger partial charge in [0.2, 0.25) is 0 Å². The van der Waals surface area contributed by atoms with E-state index in [1.165, 1.54) is 181 Å². The van der Waals surface area contributed by atoms with Crippen LogP contribution < -0.4 is 4.65 Å². The Morgan fingerprint density at radius 2 is 0.539 bits per heavy atom. The lowest BCUT2D eigenvalue weighted by atomic mass is 9.82. The SMILES string of the molecule is CC1(C)c2ccc(-c3ccc(-c4c5ccccc5c(-c5ccc6ccccc6c5)c5ccccc45)cc3)cc2-c2c1ccc1ccccc21.CC1(C)c2ccc(Br)cc2-c2c1ccc1ccccc21.O[B]Oc1ccc(-c2c3ccccc3c(-c3ccc4ccccc4c3)c3ccccc23)cc1. The highest BCUT2D eigenvalue weighted by atomic mass is 79.9. The van der Waals surface area contributed by atoms with Gasteiger partial charge in [0, 0.05) is 15.3 Å². The quantitative estimate of drug-likeness (QED) is 0.127. The number of halogens is 1. The standard InChI is InChI=1S/C49H34.C30H20BO2.C19H15Br/c1-49(2)44-27-26-36(30-43(44)48-38-14-6-5-12-33(38)25-28-45(48)49)32-19-22-34(23-20-32)46-39-15-7-9-17-41(39)47(42-18-10-8-16-40(42)46)37-24-21-31-11-3-4-13-35(31)29-37;32-31-33-24-17-15-21(16-18-24)29-25-9-3-5-11-27(25)30(28-12-6-4-10-26(28)29)23-14-13-20-7-1-2-8-22(20)19-23;1-19(2)16-10-8-13(20)11-15(16)18-14-6-4-3-5-12(14)7-9-17(18)19/h3-30H,1-2H3;1-19,32H;3-11H,1-2H3. The summed E-state index contributed by atoms with van der Waals surface area (Å²) in [6.07, 6.45) is 0. The van der Waals surface area contributed by atoms with Crippen molar-refractivity contribution < 1.29 is 9.68 Å². The van der Waals surface area contributed by atoms with Crippen LogP contribution >= 0.6 is 15.9 Å². The Kier molecular flexibility index (Phi) is 15.5. The van der Waals surface area contributed by atoms with Gasteiger partial charge in [-0.3, -0.25) is 0 Å².